The first kappa shape index (κ1) is 18.9. The van der Waals surface area contributed by atoms with Crippen LogP contribution in [0.5, 0.6) is 5.75 Å². The molecule has 0 aromatic heterocycles. The van der Waals surface area contributed by atoms with Crippen LogP contribution in [0.15, 0.2) is 42.5 Å². The Morgan fingerprint density at radius 2 is 1.62 bits per heavy atom. The summed E-state index contributed by atoms with van der Waals surface area (Å²) in [6, 6.07) is 13.3. The van der Waals surface area contributed by atoms with Crippen molar-refractivity contribution in [3.63, 3.8) is 0 Å². The molecule has 1 nitrogen and oxygen atoms in total. The molecule has 0 radical (unpaired) electrons. The molecule has 3 rings (SSSR count). The molecule has 0 amide bonds. The van der Waals surface area contributed by atoms with E-state index in [9.17, 15) is 4.39 Å². The molecule has 1 aliphatic rings. The second kappa shape index (κ2) is 9.21. The van der Waals surface area contributed by atoms with Crippen LogP contribution in [0.2, 0.25) is 0 Å². The quantitative estimate of drug-likeness (QED) is 0.518. The maximum atomic E-state index is 14.3. The lowest BCUT2D eigenvalue weighted by Gasteiger charge is -2.28. The molecule has 2 aromatic carbocycles. The minimum atomic E-state index is -0.151. The second-order valence-electron chi connectivity index (χ2n) is 7.68. The third-order valence-electron chi connectivity index (χ3n) is 5.76. The van der Waals surface area contributed by atoms with E-state index in [0.717, 1.165) is 35.8 Å². The SMILES string of the molecule is CCCC1CCC(COc2ccc(-c3ccc(CC)cc3F)cc2)CC1. The summed E-state index contributed by atoms with van der Waals surface area (Å²) in [6.07, 6.45) is 8.83. The Bertz CT molecular complexity index is 684. The largest absolute Gasteiger partial charge is 0.493 e. The number of benzene rings is 2. The molecule has 1 aliphatic carbocycles. The lowest BCUT2D eigenvalue weighted by Crippen LogP contribution is -2.20. The van der Waals surface area contributed by atoms with Gasteiger partial charge in [-0.1, -0.05) is 63.8 Å². The molecule has 0 spiro atoms. The van der Waals surface area contributed by atoms with Crippen LogP contribution in [0.3, 0.4) is 0 Å². The minimum Gasteiger partial charge on any atom is -0.493 e. The summed E-state index contributed by atoms with van der Waals surface area (Å²) < 4.78 is 20.3. The number of aryl methyl sites for hydroxylation is 1. The van der Waals surface area contributed by atoms with Crippen molar-refractivity contribution in [3.05, 3.63) is 53.8 Å². The molecule has 0 aliphatic heterocycles. The molecular weight excluding hydrogens is 323 g/mol. The van der Waals surface area contributed by atoms with Gasteiger partial charge in [0, 0.05) is 5.56 Å². The Kier molecular flexibility index (Phi) is 6.71. The van der Waals surface area contributed by atoms with Gasteiger partial charge < -0.3 is 4.74 Å². The molecule has 0 bridgehead atoms. The van der Waals surface area contributed by atoms with Gasteiger partial charge in [0.05, 0.1) is 6.61 Å². The lowest BCUT2D eigenvalue weighted by molar-refractivity contribution is 0.178. The van der Waals surface area contributed by atoms with Gasteiger partial charge in [0.2, 0.25) is 0 Å². The molecule has 0 saturated heterocycles. The van der Waals surface area contributed by atoms with Crippen LogP contribution in [0.25, 0.3) is 11.1 Å². The van der Waals surface area contributed by atoms with Crippen LogP contribution in [-0.2, 0) is 6.42 Å². The average molecular weight is 355 g/mol. The van der Waals surface area contributed by atoms with Gasteiger partial charge in [0.15, 0.2) is 0 Å². The Balaban J connectivity index is 1.54. The number of hydrogen-bond acceptors (Lipinski definition) is 1. The summed E-state index contributed by atoms with van der Waals surface area (Å²) >= 11 is 0. The standard InChI is InChI=1S/C24H31FO/c1-3-5-19-6-8-20(9-7-19)17-26-22-13-11-21(12-14-22)23-15-10-18(4-2)16-24(23)25/h10-16,19-20H,3-9,17H2,1-2H3. The molecular formula is C24H31FO. The van der Waals surface area contributed by atoms with E-state index in [4.69, 9.17) is 4.74 Å². The van der Waals surface area contributed by atoms with Gasteiger partial charge in [-0.15, -0.1) is 0 Å². The fraction of sp³-hybridized carbons (Fsp3) is 0.500. The number of hydrogen-bond donors (Lipinski definition) is 0. The normalized spacial score (nSPS) is 20.1. The third-order valence-corrected chi connectivity index (χ3v) is 5.76. The third kappa shape index (κ3) is 4.87. The zero-order valence-electron chi connectivity index (χ0n) is 16.1. The second-order valence-corrected chi connectivity index (χ2v) is 7.68. The Morgan fingerprint density at radius 1 is 0.923 bits per heavy atom. The van der Waals surface area contributed by atoms with Crippen molar-refractivity contribution in [2.24, 2.45) is 11.8 Å². The van der Waals surface area contributed by atoms with Crippen molar-refractivity contribution in [2.45, 2.75) is 58.8 Å². The first-order chi connectivity index (χ1) is 12.7. The van der Waals surface area contributed by atoms with Crippen molar-refractivity contribution in [2.75, 3.05) is 6.61 Å². The van der Waals surface area contributed by atoms with Crippen LogP contribution < -0.4 is 4.74 Å². The van der Waals surface area contributed by atoms with E-state index in [-0.39, 0.29) is 5.82 Å². The first-order valence-electron chi connectivity index (χ1n) is 10.2. The van der Waals surface area contributed by atoms with E-state index < -0.39 is 0 Å². The van der Waals surface area contributed by atoms with Crippen molar-refractivity contribution in [1.82, 2.24) is 0 Å². The summed E-state index contributed by atoms with van der Waals surface area (Å²) in [4.78, 5) is 0. The zero-order valence-corrected chi connectivity index (χ0v) is 16.1. The molecule has 1 saturated carbocycles. The fourth-order valence-corrected chi connectivity index (χ4v) is 4.05. The highest BCUT2D eigenvalue weighted by atomic mass is 19.1. The van der Waals surface area contributed by atoms with Crippen molar-refractivity contribution < 1.29 is 9.13 Å². The van der Waals surface area contributed by atoms with Crippen LogP contribution >= 0.6 is 0 Å². The molecule has 2 aromatic rings. The maximum Gasteiger partial charge on any atom is 0.131 e. The van der Waals surface area contributed by atoms with Crippen molar-refractivity contribution in [3.8, 4) is 16.9 Å². The molecule has 1 fully saturated rings. The van der Waals surface area contributed by atoms with Gasteiger partial charge in [0.25, 0.3) is 0 Å². The fourth-order valence-electron chi connectivity index (χ4n) is 4.05. The van der Waals surface area contributed by atoms with Gasteiger partial charge in [0.1, 0.15) is 11.6 Å². The molecule has 2 heteroatoms. The Hall–Kier alpha value is -1.83. The van der Waals surface area contributed by atoms with Crippen LogP contribution in [0.4, 0.5) is 4.39 Å². The van der Waals surface area contributed by atoms with E-state index in [1.807, 2.05) is 43.3 Å². The topological polar surface area (TPSA) is 9.23 Å². The highest BCUT2D eigenvalue weighted by molar-refractivity contribution is 5.65. The van der Waals surface area contributed by atoms with E-state index in [2.05, 4.69) is 6.92 Å². The van der Waals surface area contributed by atoms with Crippen LogP contribution in [-0.4, -0.2) is 6.61 Å². The predicted octanol–water partition coefficient (Wildman–Crippen LogP) is 7.04. The van der Waals surface area contributed by atoms with Gasteiger partial charge >= 0.3 is 0 Å². The Labute approximate surface area is 157 Å². The number of ether oxygens (including phenoxy) is 1. The van der Waals surface area contributed by atoms with Crippen molar-refractivity contribution in [1.29, 1.82) is 0 Å². The number of rotatable bonds is 7. The molecule has 0 N–H and O–H groups in total. The smallest absolute Gasteiger partial charge is 0.131 e. The summed E-state index contributed by atoms with van der Waals surface area (Å²) in [5, 5.41) is 0. The van der Waals surface area contributed by atoms with Crippen molar-refractivity contribution >= 4 is 0 Å². The molecule has 0 atom stereocenters. The van der Waals surface area contributed by atoms with Gasteiger partial charge in [-0.3, -0.25) is 0 Å². The number of halogens is 1. The summed E-state index contributed by atoms with van der Waals surface area (Å²) in [6.45, 7) is 5.12. The van der Waals surface area contributed by atoms with E-state index >= 15 is 0 Å². The molecule has 26 heavy (non-hydrogen) atoms. The Morgan fingerprint density at radius 3 is 2.23 bits per heavy atom. The zero-order chi connectivity index (χ0) is 18.4. The summed E-state index contributed by atoms with van der Waals surface area (Å²) in [5.74, 6) is 2.35. The van der Waals surface area contributed by atoms with Gasteiger partial charge in [-0.25, -0.2) is 4.39 Å². The van der Waals surface area contributed by atoms with Crippen LogP contribution in [0, 0.1) is 17.7 Å². The summed E-state index contributed by atoms with van der Waals surface area (Å²) in [7, 11) is 0. The highest BCUT2D eigenvalue weighted by Gasteiger charge is 2.21. The highest BCUT2D eigenvalue weighted by Crippen LogP contribution is 2.32. The lowest BCUT2D eigenvalue weighted by atomic mass is 9.80. The van der Waals surface area contributed by atoms with E-state index in [1.165, 1.54) is 38.5 Å². The minimum absolute atomic E-state index is 0.151. The monoisotopic (exact) mass is 354 g/mol. The molecule has 0 heterocycles. The van der Waals surface area contributed by atoms with Gasteiger partial charge in [-0.2, -0.15) is 0 Å². The van der Waals surface area contributed by atoms with E-state index in [0.29, 0.717) is 11.5 Å². The summed E-state index contributed by atoms with van der Waals surface area (Å²) in [5.41, 5.74) is 2.58. The molecule has 140 valence electrons. The van der Waals surface area contributed by atoms with Crippen LogP contribution in [0.1, 0.15) is 57.9 Å². The predicted molar refractivity (Wildman–Crippen MR) is 107 cm³/mol. The van der Waals surface area contributed by atoms with E-state index in [1.54, 1.807) is 6.07 Å². The van der Waals surface area contributed by atoms with Gasteiger partial charge in [-0.05, 0) is 60.4 Å². The first-order valence-corrected chi connectivity index (χ1v) is 10.2. The maximum absolute atomic E-state index is 14.3. The average Bonchev–Trinajstić information content (AvgIpc) is 2.68. The molecule has 0 unspecified atom stereocenters.